The van der Waals surface area contributed by atoms with Crippen molar-refractivity contribution in [3.05, 3.63) is 42.2 Å². The van der Waals surface area contributed by atoms with Gasteiger partial charge in [0.15, 0.2) is 0 Å². The van der Waals surface area contributed by atoms with Crippen LogP contribution in [0, 0.1) is 0 Å². The molecule has 0 aliphatic carbocycles. The molecule has 1 heterocycles. The molecule has 1 aromatic carbocycles. The van der Waals surface area contributed by atoms with Gasteiger partial charge < -0.3 is 4.84 Å². The summed E-state index contributed by atoms with van der Waals surface area (Å²) in [5.41, 5.74) is 2.18. The molecule has 0 fully saturated rings. The zero-order chi connectivity index (χ0) is 10.5. The van der Waals surface area contributed by atoms with Crippen molar-refractivity contribution in [3.8, 4) is 5.69 Å². The Kier molecular flexibility index (Phi) is 3.06. The van der Waals surface area contributed by atoms with Crippen LogP contribution in [0.25, 0.3) is 5.69 Å². The Morgan fingerprint density at radius 2 is 2.07 bits per heavy atom. The molecular weight excluding hydrogens is 192 g/mol. The molecule has 5 heteroatoms. The highest BCUT2D eigenvalue weighted by Crippen LogP contribution is 2.08. The zero-order valence-electron chi connectivity index (χ0n) is 8.21. The first kappa shape index (κ1) is 9.82. The van der Waals surface area contributed by atoms with E-state index < -0.39 is 0 Å². The topological polar surface area (TPSA) is 66.0 Å². The van der Waals surface area contributed by atoms with E-state index in [2.05, 4.69) is 15.1 Å². The summed E-state index contributed by atoms with van der Waals surface area (Å²) >= 11 is 0. The smallest absolute Gasteiger partial charge is 0.0719 e. The standard InChI is InChI=1S/C10H12N4O/c11-15-8-5-9-1-3-10(4-2-9)14-7-6-12-13-14/h1-4,6-7H,5,8,11H2. The monoisotopic (exact) mass is 204 g/mol. The van der Waals surface area contributed by atoms with Crippen LogP contribution >= 0.6 is 0 Å². The maximum atomic E-state index is 4.96. The Bertz CT molecular complexity index is 396. The van der Waals surface area contributed by atoms with Gasteiger partial charge >= 0.3 is 0 Å². The molecule has 2 rings (SSSR count). The van der Waals surface area contributed by atoms with Crippen molar-refractivity contribution in [1.82, 2.24) is 15.0 Å². The first-order valence-electron chi connectivity index (χ1n) is 4.67. The molecule has 0 aliphatic heterocycles. The largest absolute Gasteiger partial charge is 0.304 e. The molecule has 0 atom stereocenters. The van der Waals surface area contributed by atoms with Gasteiger partial charge in [0.25, 0.3) is 0 Å². The highest BCUT2D eigenvalue weighted by Gasteiger charge is 1.97. The van der Waals surface area contributed by atoms with Crippen molar-refractivity contribution in [2.75, 3.05) is 6.61 Å². The van der Waals surface area contributed by atoms with E-state index in [1.54, 1.807) is 17.1 Å². The van der Waals surface area contributed by atoms with Gasteiger partial charge in [-0.2, -0.15) is 0 Å². The van der Waals surface area contributed by atoms with E-state index in [4.69, 9.17) is 5.90 Å². The lowest BCUT2D eigenvalue weighted by Gasteiger charge is -2.02. The summed E-state index contributed by atoms with van der Waals surface area (Å²) in [6.07, 6.45) is 4.27. The molecule has 0 bridgehead atoms. The van der Waals surface area contributed by atoms with Crippen LogP contribution in [0.4, 0.5) is 0 Å². The molecule has 0 spiro atoms. The van der Waals surface area contributed by atoms with Crippen molar-refractivity contribution in [2.24, 2.45) is 5.90 Å². The second-order valence-corrected chi connectivity index (χ2v) is 3.13. The van der Waals surface area contributed by atoms with Crippen molar-refractivity contribution in [1.29, 1.82) is 0 Å². The van der Waals surface area contributed by atoms with E-state index >= 15 is 0 Å². The number of rotatable bonds is 4. The summed E-state index contributed by atoms with van der Waals surface area (Å²) in [6, 6.07) is 8.02. The van der Waals surface area contributed by atoms with Crippen LogP contribution in [0.1, 0.15) is 5.56 Å². The zero-order valence-corrected chi connectivity index (χ0v) is 8.21. The molecule has 0 amide bonds. The van der Waals surface area contributed by atoms with Gasteiger partial charge in [0, 0.05) is 0 Å². The lowest BCUT2D eigenvalue weighted by Crippen LogP contribution is -2.03. The minimum atomic E-state index is 0.530. The number of hydrogen-bond donors (Lipinski definition) is 1. The molecule has 0 unspecified atom stereocenters. The van der Waals surface area contributed by atoms with Gasteiger partial charge in [-0.05, 0) is 24.1 Å². The predicted molar refractivity (Wildman–Crippen MR) is 55.2 cm³/mol. The lowest BCUT2D eigenvalue weighted by atomic mass is 10.1. The summed E-state index contributed by atoms with van der Waals surface area (Å²) < 4.78 is 1.71. The summed E-state index contributed by atoms with van der Waals surface area (Å²) in [7, 11) is 0. The molecule has 0 saturated carbocycles. The molecule has 15 heavy (non-hydrogen) atoms. The third-order valence-corrected chi connectivity index (χ3v) is 2.13. The van der Waals surface area contributed by atoms with Crippen molar-refractivity contribution < 1.29 is 4.84 Å². The number of nitrogens with zero attached hydrogens (tertiary/aromatic N) is 3. The minimum absolute atomic E-state index is 0.530. The molecule has 2 N–H and O–H groups in total. The molecule has 5 nitrogen and oxygen atoms in total. The highest BCUT2D eigenvalue weighted by atomic mass is 16.6. The molecule has 0 radical (unpaired) electrons. The molecule has 2 aromatic rings. The predicted octanol–water partition coefficient (Wildman–Crippen LogP) is 0.700. The van der Waals surface area contributed by atoms with Crippen LogP contribution in [0.3, 0.4) is 0 Å². The van der Waals surface area contributed by atoms with Crippen molar-refractivity contribution in [2.45, 2.75) is 6.42 Å². The second-order valence-electron chi connectivity index (χ2n) is 3.13. The van der Waals surface area contributed by atoms with Gasteiger partial charge in [0.05, 0.1) is 24.7 Å². The van der Waals surface area contributed by atoms with E-state index in [1.165, 1.54) is 5.56 Å². The molecule has 1 aromatic heterocycles. The average Bonchev–Trinajstić information content (AvgIpc) is 2.80. The van der Waals surface area contributed by atoms with Gasteiger partial charge in [-0.15, -0.1) is 5.10 Å². The number of aromatic nitrogens is 3. The van der Waals surface area contributed by atoms with Crippen molar-refractivity contribution in [3.63, 3.8) is 0 Å². The van der Waals surface area contributed by atoms with E-state index in [1.807, 2.05) is 24.3 Å². The van der Waals surface area contributed by atoms with Crippen LogP contribution in [0.2, 0.25) is 0 Å². The molecule has 0 aliphatic rings. The van der Waals surface area contributed by atoms with Crippen LogP contribution in [-0.4, -0.2) is 21.6 Å². The fourth-order valence-electron chi connectivity index (χ4n) is 1.34. The summed E-state index contributed by atoms with van der Waals surface area (Å²) in [4.78, 5) is 4.52. The third-order valence-electron chi connectivity index (χ3n) is 2.13. The average molecular weight is 204 g/mol. The fourth-order valence-corrected chi connectivity index (χ4v) is 1.34. The molecular formula is C10H12N4O. The Morgan fingerprint density at radius 3 is 2.67 bits per heavy atom. The van der Waals surface area contributed by atoms with Gasteiger partial charge in [-0.3, -0.25) is 0 Å². The van der Waals surface area contributed by atoms with Crippen LogP contribution < -0.4 is 5.90 Å². The van der Waals surface area contributed by atoms with E-state index in [9.17, 15) is 0 Å². The van der Waals surface area contributed by atoms with Crippen LogP contribution in [-0.2, 0) is 11.3 Å². The second kappa shape index (κ2) is 4.68. The molecule has 78 valence electrons. The first-order valence-corrected chi connectivity index (χ1v) is 4.67. The van der Waals surface area contributed by atoms with Crippen LogP contribution in [0.15, 0.2) is 36.7 Å². The van der Waals surface area contributed by atoms with Gasteiger partial charge in [0.1, 0.15) is 0 Å². The molecule has 0 saturated heterocycles. The SMILES string of the molecule is NOCCc1ccc(-n2ccnn2)cc1. The Labute approximate surface area is 87.4 Å². The minimum Gasteiger partial charge on any atom is -0.304 e. The first-order chi connectivity index (χ1) is 7.40. The third kappa shape index (κ3) is 2.39. The summed E-state index contributed by atoms with van der Waals surface area (Å²) in [6.45, 7) is 0.530. The van der Waals surface area contributed by atoms with E-state index in [-0.39, 0.29) is 0 Å². The normalized spacial score (nSPS) is 10.5. The van der Waals surface area contributed by atoms with E-state index in [0.717, 1.165) is 12.1 Å². The maximum Gasteiger partial charge on any atom is 0.0719 e. The van der Waals surface area contributed by atoms with Gasteiger partial charge in [-0.25, -0.2) is 10.6 Å². The number of hydrogen-bond acceptors (Lipinski definition) is 4. The number of benzene rings is 1. The van der Waals surface area contributed by atoms with Gasteiger partial charge in [-0.1, -0.05) is 17.3 Å². The Hall–Kier alpha value is -1.72. The lowest BCUT2D eigenvalue weighted by molar-refractivity contribution is 0.141. The Morgan fingerprint density at radius 1 is 1.27 bits per heavy atom. The van der Waals surface area contributed by atoms with Crippen molar-refractivity contribution >= 4 is 0 Å². The Balaban J connectivity index is 2.11. The fraction of sp³-hybridized carbons (Fsp3) is 0.200. The maximum absolute atomic E-state index is 4.96. The quantitative estimate of drug-likeness (QED) is 0.744. The summed E-state index contributed by atoms with van der Waals surface area (Å²) in [5.74, 6) is 4.96. The number of nitrogens with two attached hydrogens (primary N) is 1. The summed E-state index contributed by atoms with van der Waals surface area (Å²) in [5, 5.41) is 7.65. The van der Waals surface area contributed by atoms with Crippen LogP contribution in [0.5, 0.6) is 0 Å². The van der Waals surface area contributed by atoms with Gasteiger partial charge in [0.2, 0.25) is 0 Å². The highest BCUT2D eigenvalue weighted by molar-refractivity contribution is 5.33. The van der Waals surface area contributed by atoms with E-state index in [0.29, 0.717) is 6.61 Å².